The van der Waals surface area contributed by atoms with E-state index < -0.39 is 15.9 Å². The molecule has 0 saturated carbocycles. The molecule has 2 aromatic rings. The molecule has 7 nitrogen and oxygen atoms in total. The van der Waals surface area contributed by atoms with Crippen LogP contribution in [0, 0.1) is 19.8 Å². The molecule has 27 heavy (non-hydrogen) atoms. The molecule has 1 aliphatic rings. The quantitative estimate of drug-likeness (QED) is 0.800. The average Bonchev–Trinajstić information content (AvgIpc) is 2.96. The maximum absolute atomic E-state index is 13.2. The van der Waals surface area contributed by atoms with Crippen LogP contribution in [0.2, 0.25) is 0 Å². The van der Waals surface area contributed by atoms with Crippen molar-refractivity contribution in [1.82, 2.24) is 14.1 Å². The maximum atomic E-state index is 13.2. The van der Waals surface area contributed by atoms with Gasteiger partial charge in [-0.1, -0.05) is 19.1 Å². The SMILES string of the molecule is COc1ccccc1C(=O)n1nc(C)c(S(=O)(=O)N2CCC(C)CC2)c1C. The number of aromatic nitrogens is 2. The van der Waals surface area contributed by atoms with Crippen molar-refractivity contribution in [2.24, 2.45) is 5.92 Å². The van der Waals surface area contributed by atoms with Crippen molar-refractivity contribution < 1.29 is 17.9 Å². The Bertz CT molecular complexity index is 957. The number of ether oxygens (including phenoxy) is 1. The average molecular weight is 391 g/mol. The van der Waals surface area contributed by atoms with Crippen LogP contribution in [-0.4, -0.2) is 48.6 Å². The normalized spacial score (nSPS) is 16.4. The summed E-state index contributed by atoms with van der Waals surface area (Å²) in [6.07, 6.45) is 1.68. The largest absolute Gasteiger partial charge is 0.496 e. The zero-order chi connectivity index (χ0) is 19.8. The van der Waals surface area contributed by atoms with E-state index in [4.69, 9.17) is 4.74 Å². The van der Waals surface area contributed by atoms with E-state index in [0.717, 1.165) is 17.5 Å². The number of carbonyl (C=O) groups is 1. The van der Waals surface area contributed by atoms with Crippen molar-refractivity contribution in [3.05, 3.63) is 41.2 Å². The summed E-state index contributed by atoms with van der Waals surface area (Å²) in [6, 6.07) is 6.82. The van der Waals surface area contributed by atoms with Crippen LogP contribution in [0.4, 0.5) is 0 Å². The van der Waals surface area contributed by atoms with Gasteiger partial charge in [0.1, 0.15) is 10.6 Å². The Kier molecular flexibility index (Phi) is 5.39. The van der Waals surface area contributed by atoms with Gasteiger partial charge in [0.25, 0.3) is 5.91 Å². The summed E-state index contributed by atoms with van der Waals surface area (Å²) >= 11 is 0. The van der Waals surface area contributed by atoms with E-state index in [1.807, 2.05) is 0 Å². The molecule has 0 aliphatic carbocycles. The van der Waals surface area contributed by atoms with E-state index in [-0.39, 0.29) is 4.90 Å². The van der Waals surface area contributed by atoms with Crippen LogP contribution in [-0.2, 0) is 10.0 Å². The zero-order valence-electron chi connectivity index (χ0n) is 16.1. The minimum Gasteiger partial charge on any atom is -0.496 e. The number of sulfonamides is 1. The number of carbonyl (C=O) groups excluding carboxylic acids is 1. The Labute approximate surface area is 160 Å². The molecule has 1 aromatic heterocycles. The highest BCUT2D eigenvalue weighted by Gasteiger charge is 2.34. The lowest BCUT2D eigenvalue weighted by molar-refractivity contribution is 0.0939. The third-order valence-electron chi connectivity index (χ3n) is 5.10. The first-order valence-electron chi connectivity index (χ1n) is 9.01. The van der Waals surface area contributed by atoms with Gasteiger partial charge in [-0.2, -0.15) is 14.1 Å². The second-order valence-corrected chi connectivity index (χ2v) is 8.88. The second kappa shape index (κ2) is 7.44. The van der Waals surface area contributed by atoms with Crippen LogP contribution < -0.4 is 4.74 Å². The number of para-hydroxylation sites is 1. The first-order valence-corrected chi connectivity index (χ1v) is 10.5. The fourth-order valence-corrected chi connectivity index (χ4v) is 5.31. The molecule has 2 heterocycles. The van der Waals surface area contributed by atoms with Gasteiger partial charge in [-0.3, -0.25) is 4.79 Å². The minimum absolute atomic E-state index is 0.125. The molecular weight excluding hydrogens is 366 g/mol. The molecule has 0 atom stereocenters. The Balaban J connectivity index is 2.01. The molecule has 0 spiro atoms. The number of aryl methyl sites for hydroxylation is 1. The van der Waals surface area contributed by atoms with Gasteiger partial charge < -0.3 is 4.74 Å². The zero-order valence-corrected chi connectivity index (χ0v) is 16.9. The second-order valence-electron chi connectivity index (χ2n) is 7.00. The van der Waals surface area contributed by atoms with Crippen molar-refractivity contribution in [3.8, 4) is 5.75 Å². The van der Waals surface area contributed by atoms with E-state index in [1.54, 1.807) is 38.1 Å². The number of benzene rings is 1. The minimum atomic E-state index is -3.69. The van der Waals surface area contributed by atoms with Crippen LogP contribution in [0.25, 0.3) is 0 Å². The Morgan fingerprint density at radius 2 is 1.81 bits per heavy atom. The van der Waals surface area contributed by atoms with Crippen molar-refractivity contribution in [3.63, 3.8) is 0 Å². The highest BCUT2D eigenvalue weighted by atomic mass is 32.2. The summed E-state index contributed by atoms with van der Waals surface area (Å²) in [4.78, 5) is 13.1. The molecule has 1 saturated heterocycles. The van der Waals surface area contributed by atoms with Crippen molar-refractivity contribution in [2.75, 3.05) is 20.2 Å². The molecule has 0 amide bonds. The van der Waals surface area contributed by atoms with E-state index in [0.29, 0.717) is 41.7 Å². The van der Waals surface area contributed by atoms with E-state index in [1.165, 1.54) is 11.4 Å². The molecule has 0 unspecified atom stereocenters. The van der Waals surface area contributed by atoms with Crippen LogP contribution in [0.3, 0.4) is 0 Å². The molecule has 0 N–H and O–H groups in total. The van der Waals surface area contributed by atoms with Crippen molar-refractivity contribution in [2.45, 2.75) is 38.5 Å². The summed E-state index contributed by atoms with van der Waals surface area (Å²) in [5.41, 5.74) is 0.984. The molecular formula is C19H25N3O4S. The van der Waals surface area contributed by atoms with Crippen molar-refractivity contribution in [1.29, 1.82) is 0 Å². The topological polar surface area (TPSA) is 81.5 Å². The predicted molar refractivity (Wildman–Crippen MR) is 102 cm³/mol. The molecule has 0 radical (unpaired) electrons. The molecule has 1 aliphatic heterocycles. The smallest absolute Gasteiger partial charge is 0.282 e. The predicted octanol–water partition coefficient (Wildman–Crippen LogP) is 2.62. The third kappa shape index (κ3) is 3.51. The van der Waals surface area contributed by atoms with Crippen LogP contribution in [0.5, 0.6) is 5.75 Å². The number of hydrogen-bond acceptors (Lipinski definition) is 5. The van der Waals surface area contributed by atoms with Gasteiger partial charge in [-0.05, 0) is 44.7 Å². The Morgan fingerprint density at radius 1 is 1.19 bits per heavy atom. The third-order valence-corrected chi connectivity index (χ3v) is 7.25. The molecule has 146 valence electrons. The monoisotopic (exact) mass is 391 g/mol. The van der Waals surface area contributed by atoms with E-state index >= 15 is 0 Å². The number of methoxy groups -OCH3 is 1. The summed E-state index contributed by atoms with van der Waals surface area (Å²) in [6.45, 7) is 6.36. The lowest BCUT2D eigenvalue weighted by atomic mass is 10.0. The van der Waals surface area contributed by atoms with Crippen molar-refractivity contribution >= 4 is 15.9 Å². The van der Waals surface area contributed by atoms with Crippen LogP contribution >= 0.6 is 0 Å². The number of piperidine rings is 1. The van der Waals surface area contributed by atoms with Crippen LogP contribution in [0.1, 0.15) is 41.5 Å². The number of hydrogen-bond donors (Lipinski definition) is 0. The van der Waals surface area contributed by atoms with Gasteiger partial charge in [-0.25, -0.2) is 8.42 Å². The van der Waals surface area contributed by atoms with Gasteiger partial charge in [0.15, 0.2) is 0 Å². The van der Waals surface area contributed by atoms with Gasteiger partial charge in [-0.15, -0.1) is 0 Å². The lowest BCUT2D eigenvalue weighted by Crippen LogP contribution is -2.38. The first-order chi connectivity index (χ1) is 12.8. The van der Waals surface area contributed by atoms with Gasteiger partial charge in [0.05, 0.1) is 24.1 Å². The van der Waals surface area contributed by atoms with E-state index in [2.05, 4.69) is 12.0 Å². The first kappa shape index (κ1) is 19.6. The standard InChI is InChI=1S/C19H25N3O4S/c1-13-9-11-21(12-10-13)27(24,25)18-14(2)20-22(15(18)3)19(23)16-7-5-6-8-17(16)26-4/h5-8,13H,9-12H2,1-4H3. The molecule has 3 rings (SSSR count). The summed E-state index contributed by atoms with van der Waals surface area (Å²) in [5.74, 6) is 0.528. The summed E-state index contributed by atoms with van der Waals surface area (Å²) < 4.78 is 34.2. The Morgan fingerprint density at radius 3 is 2.44 bits per heavy atom. The highest BCUT2D eigenvalue weighted by molar-refractivity contribution is 7.89. The summed E-state index contributed by atoms with van der Waals surface area (Å²) in [5, 5.41) is 4.24. The maximum Gasteiger partial charge on any atom is 0.282 e. The molecule has 1 fully saturated rings. The van der Waals surface area contributed by atoms with E-state index in [9.17, 15) is 13.2 Å². The highest BCUT2D eigenvalue weighted by Crippen LogP contribution is 2.28. The van der Waals surface area contributed by atoms with Gasteiger partial charge in [0, 0.05) is 13.1 Å². The summed E-state index contributed by atoms with van der Waals surface area (Å²) in [7, 11) is -2.20. The molecule has 1 aromatic carbocycles. The fourth-order valence-electron chi connectivity index (χ4n) is 3.49. The number of rotatable bonds is 4. The number of nitrogens with zero attached hydrogens (tertiary/aromatic N) is 3. The molecule has 8 heteroatoms. The van der Waals surface area contributed by atoms with Gasteiger partial charge in [0.2, 0.25) is 10.0 Å². The lowest BCUT2D eigenvalue weighted by Gasteiger charge is -2.29. The fraction of sp³-hybridized carbons (Fsp3) is 0.474. The Hall–Kier alpha value is -2.19. The molecule has 0 bridgehead atoms. The van der Waals surface area contributed by atoms with Crippen LogP contribution in [0.15, 0.2) is 29.2 Å². The van der Waals surface area contributed by atoms with Gasteiger partial charge >= 0.3 is 0 Å².